The highest BCUT2D eigenvalue weighted by atomic mass is 16.5. The van der Waals surface area contributed by atoms with Gasteiger partial charge in [0.2, 0.25) is 0 Å². The second-order valence-electron chi connectivity index (χ2n) is 5.52. The van der Waals surface area contributed by atoms with Crippen molar-refractivity contribution in [1.82, 2.24) is 5.32 Å². The number of ether oxygens (including phenoxy) is 1. The van der Waals surface area contributed by atoms with Crippen molar-refractivity contribution in [3.8, 4) is 0 Å². The van der Waals surface area contributed by atoms with Crippen LogP contribution in [0.15, 0.2) is 24.3 Å². The van der Waals surface area contributed by atoms with Gasteiger partial charge in [-0.2, -0.15) is 0 Å². The molecule has 0 radical (unpaired) electrons. The summed E-state index contributed by atoms with van der Waals surface area (Å²) >= 11 is 0. The quantitative estimate of drug-likeness (QED) is 0.760. The summed E-state index contributed by atoms with van der Waals surface area (Å²) in [7, 11) is 0. The van der Waals surface area contributed by atoms with E-state index in [2.05, 4.69) is 43.4 Å². The van der Waals surface area contributed by atoms with Crippen LogP contribution in [-0.4, -0.2) is 26.3 Å². The number of nitrogens with one attached hydrogen (secondary N) is 1. The van der Waals surface area contributed by atoms with Gasteiger partial charge in [-0.05, 0) is 50.3 Å². The Hall–Kier alpha value is -0.860. The zero-order valence-corrected chi connectivity index (χ0v) is 12.4. The summed E-state index contributed by atoms with van der Waals surface area (Å²) in [5, 5.41) is 3.57. The van der Waals surface area contributed by atoms with Crippen LogP contribution < -0.4 is 5.32 Å². The van der Waals surface area contributed by atoms with E-state index >= 15 is 0 Å². The maximum absolute atomic E-state index is 5.63. The fourth-order valence-corrected chi connectivity index (χ4v) is 3.32. The normalized spacial score (nSPS) is 22.2. The molecule has 0 aliphatic heterocycles. The van der Waals surface area contributed by atoms with Gasteiger partial charge in [0.1, 0.15) is 0 Å². The van der Waals surface area contributed by atoms with Crippen molar-refractivity contribution < 1.29 is 4.74 Å². The van der Waals surface area contributed by atoms with E-state index in [0.29, 0.717) is 0 Å². The highest BCUT2D eigenvalue weighted by Crippen LogP contribution is 2.39. The van der Waals surface area contributed by atoms with Gasteiger partial charge in [-0.1, -0.05) is 31.2 Å². The predicted octanol–water partition coefficient (Wildman–Crippen LogP) is 3.30. The third-order valence-electron chi connectivity index (χ3n) is 4.33. The molecule has 1 N–H and O–H groups in total. The van der Waals surface area contributed by atoms with E-state index in [1.54, 1.807) is 11.1 Å². The Morgan fingerprint density at radius 2 is 2.11 bits per heavy atom. The van der Waals surface area contributed by atoms with Crippen LogP contribution in [0, 0.1) is 0 Å². The Bertz CT molecular complexity index is 391. The van der Waals surface area contributed by atoms with Gasteiger partial charge in [0, 0.05) is 25.2 Å². The summed E-state index contributed by atoms with van der Waals surface area (Å²) in [5.41, 5.74) is 3.38. The van der Waals surface area contributed by atoms with Crippen molar-refractivity contribution in [3.05, 3.63) is 35.4 Å². The molecule has 0 spiro atoms. The lowest BCUT2D eigenvalue weighted by atomic mass is 9.68. The summed E-state index contributed by atoms with van der Waals surface area (Å²) < 4.78 is 5.63. The van der Waals surface area contributed by atoms with Gasteiger partial charge in [-0.15, -0.1) is 0 Å². The molecule has 1 aromatic carbocycles. The van der Waals surface area contributed by atoms with E-state index < -0.39 is 0 Å². The van der Waals surface area contributed by atoms with Crippen molar-refractivity contribution in [2.75, 3.05) is 26.3 Å². The molecule has 2 rings (SSSR count). The maximum Gasteiger partial charge on any atom is 0.0474 e. The van der Waals surface area contributed by atoms with Crippen LogP contribution in [0.4, 0.5) is 0 Å². The Morgan fingerprint density at radius 3 is 2.89 bits per heavy atom. The third-order valence-corrected chi connectivity index (χ3v) is 4.33. The minimum Gasteiger partial charge on any atom is -0.382 e. The predicted molar refractivity (Wildman–Crippen MR) is 80.7 cm³/mol. The first kappa shape index (κ1) is 14.5. The Labute approximate surface area is 117 Å². The van der Waals surface area contributed by atoms with Crippen LogP contribution in [-0.2, 0) is 16.6 Å². The summed E-state index contributed by atoms with van der Waals surface area (Å²) in [6.07, 6.45) is 4.95. The highest BCUT2D eigenvalue weighted by molar-refractivity contribution is 5.37. The Balaban J connectivity index is 2.22. The van der Waals surface area contributed by atoms with E-state index in [1.807, 2.05) is 0 Å². The smallest absolute Gasteiger partial charge is 0.0474 e. The topological polar surface area (TPSA) is 21.3 Å². The molecule has 0 fully saturated rings. The Kier molecular flexibility index (Phi) is 5.41. The van der Waals surface area contributed by atoms with Gasteiger partial charge < -0.3 is 10.1 Å². The van der Waals surface area contributed by atoms with E-state index in [4.69, 9.17) is 4.74 Å². The van der Waals surface area contributed by atoms with Crippen molar-refractivity contribution in [2.45, 2.75) is 44.9 Å². The SMILES string of the molecule is CCNCC1(CCOCC)CCCc2ccccc21. The molecule has 1 atom stereocenters. The van der Waals surface area contributed by atoms with Gasteiger partial charge in [-0.3, -0.25) is 0 Å². The van der Waals surface area contributed by atoms with Crippen LogP contribution in [0.25, 0.3) is 0 Å². The third kappa shape index (κ3) is 3.37. The Morgan fingerprint density at radius 1 is 1.26 bits per heavy atom. The van der Waals surface area contributed by atoms with Gasteiger partial charge in [0.25, 0.3) is 0 Å². The van der Waals surface area contributed by atoms with E-state index in [1.165, 1.54) is 19.3 Å². The number of aryl methyl sites for hydroxylation is 1. The molecule has 0 heterocycles. The molecule has 0 aromatic heterocycles. The fourth-order valence-electron chi connectivity index (χ4n) is 3.32. The van der Waals surface area contributed by atoms with E-state index in [0.717, 1.165) is 32.7 Å². The average Bonchev–Trinajstić information content (AvgIpc) is 2.46. The molecule has 2 nitrogen and oxygen atoms in total. The average molecular weight is 261 g/mol. The zero-order valence-electron chi connectivity index (χ0n) is 12.4. The first-order valence-electron chi connectivity index (χ1n) is 7.69. The summed E-state index contributed by atoms with van der Waals surface area (Å²) in [6.45, 7) is 8.07. The molecule has 0 amide bonds. The molecule has 19 heavy (non-hydrogen) atoms. The summed E-state index contributed by atoms with van der Waals surface area (Å²) in [5.74, 6) is 0. The van der Waals surface area contributed by atoms with E-state index in [9.17, 15) is 0 Å². The van der Waals surface area contributed by atoms with Crippen LogP contribution >= 0.6 is 0 Å². The highest BCUT2D eigenvalue weighted by Gasteiger charge is 2.35. The number of benzene rings is 1. The number of rotatable bonds is 7. The van der Waals surface area contributed by atoms with Crippen LogP contribution in [0.5, 0.6) is 0 Å². The lowest BCUT2D eigenvalue weighted by Crippen LogP contribution is -2.42. The van der Waals surface area contributed by atoms with E-state index in [-0.39, 0.29) is 5.41 Å². The molecule has 1 aromatic rings. The van der Waals surface area contributed by atoms with Gasteiger partial charge >= 0.3 is 0 Å². The first-order valence-corrected chi connectivity index (χ1v) is 7.69. The first-order chi connectivity index (χ1) is 9.32. The lowest BCUT2D eigenvalue weighted by molar-refractivity contribution is 0.119. The second-order valence-corrected chi connectivity index (χ2v) is 5.52. The van der Waals surface area contributed by atoms with Gasteiger partial charge in [0.15, 0.2) is 0 Å². The number of likely N-dealkylation sites (N-methyl/N-ethyl adjacent to an activating group) is 1. The molecular weight excluding hydrogens is 234 g/mol. The molecule has 1 aliphatic rings. The minimum absolute atomic E-state index is 0.278. The summed E-state index contributed by atoms with van der Waals surface area (Å²) in [6, 6.07) is 8.99. The molecule has 1 aliphatic carbocycles. The fraction of sp³-hybridized carbons (Fsp3) is 0.647. The number of hydrogen-bond acceptors (Lipinski definition) is 2. The number of fused-ring (bicyclic) bond motifs is 1. The van der Waals surface area contributed by atoms with Gasteiger partial charge in [0.05, 0.1) is 0 Å². The van der Waals surface area contributed by atoms with Crippen LogP contribution in [0.3, 0.4) is 0 Å². The van der Waals surface area contributed by atoms with Crippen molar-refractivity contribution >= 4 is 0 Å². The molecule has 0 saturated heterocycles. The molecule has 2 heteroatoms. The second kappa shape index (κ2) is 7.06. The maximum atomic E-state index is 5.63. The van der Waals surface area contributed by atoms with Gasteiger partial charge in [-0.25, -0.2) is 0 Å². The summed E-state index contributed by atoms with van der Waals surface area (Å²) in [4.78, 5) is 0. The largest absolute Gasteiger partial charge is 0.382 e. The zero-order chi connectivity index (χ0) is 13.6. The van der Waals surface area contributed by atoms with Crippen molar-refractivity contribution in [2.24, 2.45) is 0 Å². The monoisotopic (exact) mass is 261 g/mol. The standard InChI is InChI=1S/C17H27NO/c1-3-18-14-17(12-13-19-4-2)11-7-9-15-8-5-6-10-16(15)17/h5-6,8,10,18H,3-4,7,9,11-14H2,1-2H3. The molecule has 0 bridgehead atoms. The number of hydrogen-bond donors (Lipinski definition) is 1. The van der Waals surface area contributed by atoms with Crippen LogP contribution in [0.1, 0.15) is 44.2 Å². The molecule has 1 unspecified atom stereocenters. The molecule has 0 saturated carbocycles. The minimum atomic E-state index is 0.278. The molecule has 106 valence electrons. The van der Waals surface area contributed by atoms with Crippen LogP contribution in [0.2, 0.25) is 0 Å². The molecular formula is C17H27NO. The van der Waals surface area contributed by atoms with Crippen molar-refractivity contribution in [1.29, 1.82) is 0 Å². The van der Waals surface area contributed by atoms with Crippen molar-refractivity contribution in [3.63, 3.8) is 0 Å². The lowest BCUT2D eigenvalue weighted by Gasteiger charge is -2.39.